The van der Waals surface area contributed by atoms with Gasteiger partial charge in [-0.3, -0.25) is 9.59 Å². The number of ketones is 1. The fourth-order valence-corrected chi connectivity index (χ4v) is 8.17. The number of aliphatic carboxylic acids is 1. The molecule has 2 N–H and O–H groups in total. The molecule has 0 spiro atoms. The zero-order chi connectivity index (χ0) is 19.4. The van der Waals surface area contributed by atoms with E-state index in [4.69, 9.17) is 5.11 Å². The zero-order valence-electron chi connectivity index (χ0n) is 17.0. The highest BCUT2D eigenvalue weighted by Crippen LogP contribution is 2.67. The molecule has 0 bridgehead atoms. The minimum Gasteiger partial charge on any atom is -0.481 e. The molecule has 8 atom stereocenters. The first-order valence-electron chi connectivity index (χ1n) is 11.2. The smallest absolute Gasteiger partial charge is 0.303 e. The highest BCUT2D eigenvalue weighted by atomic mass is 16.4. The lowest BCUT2D eigenvalue weighted by Crippen LogP contribution is -2.54. The first-order chi connectivity index (χ1) is 12.8. The molecule has 0 aromatic heterocycles. The molecule has 0 aromatic rings. The van der Waals surface area contributed by atoms with Gasteiger partial charge in [-0.25, -0.2) is 0 Å². The maximum atomic E-state index is 12.8. The molecule has 4 rings (SSSR count). The third-order valence-electron chi connectivity index (χ3n) is 9.61. The van der Waals surface area contributed by atoms with Crippen LogP contribution in [0.15, 0.2) is 0 Å². The van der Waals surface area contributed by atoms with E-state index >= 15 is 0 Å². The summed E-state index contributed by atoms with van der Waals surface area (Å²) in [5.41, 5.74) is 0.447. The lowest BCUT2D eigenvalue weighted by molar-refractivity contribution is -0.143. The Kier molecular flexibility index (Phi) is 4.93. The average Bonchev–Trinajstić information content (AvgIpc) is 2.97. The van der Waals surface area contributed by atoms with Gasteiger partial charge < -0.3 is 10.2 Å². The van der Waals surface area contributed by atoms with Crippen LogP contribution in [0.3, 0.4) is 0 Å². The van der Waals surface area contributed by atoms with E-state index in [-0.39, 0.29) is 36.1 Å². The maximum Gasteiger partial charge on any atom is 0.303 e. The molecule has 0 aliphatic heterocycles. The minimum atomic E-state index is -0.863. The number of carboxylic acid groups (broad SMARTS) is 1. The van der Waals surface area contributed by atoms with E-state index in [1.807, 2.05) is 0 Å². The molecule has 0 aromatic carbocycles. The van der Waals surface area contributed by atoms with Crippen LogP contribution in [0.2, 0.25) is 0 Å². The fraction of sp³-hybridized carbons (Fsp3) is 0.913. The molecular weight excluding hydrogens is 340 g/mol. The normalized spacial score (nSPS) is 49.0. The van der Waals surface area contributed by atoms with Crippen molar-refractivity contribution in [3.05, 3.63) is 0 Å². The lowest BCUT2D eigenvalue weighted by Gasteiger charge is -2.60. The van der Waals surface area contributed by atoms with Gasteiger partial charge in [0, 0.05) is 12.3 Å². The summed E-state index contributed by atoms with van der Waals surface area (Å²) in [6, 6.07) is 0. The van der Waals surface area contributed by atoms with E-state index in [0.29, 0.717) is 17.3 Å². The fourth-order valence-electron chi connectivity index (χ4n) is 8.17. The van der Waals surface area contributed by atoms with Gasteiger partial charge in [0.15, 0.2) is 0 Å². The topological polar surface area (TPSA) is 74.6 Å². The van der Waals surface area contributed by atoms with Crippen LogP contribution in [0.1, 0.15) is 84.5 Å². The minimum absolute atomic E-state index is 0.0236. The van der Waals surface area contributed by atoms with E-state index in [1.165, 1.54) is 19.3 Å². The van der Waals surface area contributed by atoms with Crippen LogP contribution in [0.25, 0.3) is 0 Å². The number of carboxylic acids is 1. The Morgan fingerprint density at radius 1 is 0.889 bits per heavy atom. The molecule has 4 fully saturated rings. The average molecular weight is 377 g/mol. The van der Waals surface area contributed by atoms with Crippen molar-refractivity contribution in [3.63, 3.8) is 0 Å². The Labute approximate surface area is 163 Å². The first-order valence-corrected chi connectivity index (χ1v) is 11.2. The number of rotatable bonds is 4. The van der Waals surface area contributed by atoms with Gasteiger partial charge in [-0.05, 0) is 92.3 Å². The largest absolute Gasteiger partial charge is 0.481 e. The molecule has 0 saturated heterocycles. The van der Waals surface area contributed by atoms with Gasteiger partial charge in [0.1, 0.15) is 5.78 Å². The van der Waals surface area contributed by atoms with Gasteiger partial charge in [0.25, 0.3) is 0 Å². The number of hydrogen-bond acceptors (Lipinski definition) is 3. The summed E-state index contributed by atoms with van der Waals surface area (Å²) in [5.74, 6) is 2.16. The van der Waals surface area contributed by atoms with E-state index in [0.717, 1.165) is 50.4 Å². The Morgan fingerprint density at radius 3 is 2.33 bits per heavy atom. The quantitative estimate of drug-likeness (QED) is 0.761. The molecule has 0 amide bonds. The molecule has 1 unspecified atom stereocenters. The van der Waals surface area contributed by atoms with Gasteiger partial charge in [-0.2, -0.15) is 0 Å². The Hall–Kier alpha value is -0.900. The van der Waals surface area contributed by atoms with Gasteiger partial charge in [-0.15, -0.1) is 0 Å². The molecule has 27 heavy (non-hydrogen) atoms. The number of aliphatic hydroxyl groups excluding tert-OH is 1. The molecule has 0 heterocycles. The van der Waals surface area contributed by atoms with E-state index in [1.54, 1.807) is 0 Å². The number of Topliss-reactive ketones (excluding diaryl/α,β-unsaturated/α-hetero) is 1. The number of carbonyl (C=O) groups excluding carboxylic acids is 1. The van der Waals surface area contributed by atoms with E-state index in [2.05, 4.69) is 13.8 Å². The van der Waals surface area contributed by atoms with Crippen molar-refractivity contribution in [1.29, 1.82) is 0 Å². The molecular formula is C23H36O4. The summed E-state index contributed by atoms with van der Waals surface area (Å²) in [7, 11) is 0. The third kappa shape index (κ3) is 3.07. The zero-order valence-corrected chi connectivity index (χ0v) is 17.0. The van der Waals surface area contributed by atoms with Gasteiger partial charge in [-0.1, -0.05) is 13.8 Å². The van der Waals surface area contributed by atoms with Gasteiger partial charge >= 0.3 is 5.97 Å². The third-order valence-corrected chi connectivity index (χ3v) is 9.61. The number of fused-ring (bicyclic) bond motifs is 5. The summed E-state index contributed by atoms with van der Waals surface area (Å²) >= 11 is 0. The molecule has 4 aliphatic rings. The van der Waals surface area contributed by atoms with Crippen molar-refractivity contribution in [1.82, 2.24) is 0 Å². The lowest BCUT2D eigenvalue weighted by atomic mass is 9.44. The summed E-state index contributed by atoms with van der Waals surface area (Å²) < 4.78 is 0. The van der Waals surface area contributed by atoms with E-state index < -0.39 is 5.97 Å². The first kappa shape index (κ1) is 19.4. The van der Waals surface area contributed by atoms with E-state index in [9.17, 15) is 14.7 Å². The standard InChI is InChI=1S/C23H36O4/c1-22-11-9-15(24)13-14(22)3-4-16-17-5-6-19(20(25)7-8-21(26)27)23(17,2)12-10-18(16)22/h14-19,24H,3-13H2,1-2H3,(H,26,27)/t14?,15-,16-,17-,18-,19+,22-,23-/m0/s1. The Bertz CT molecular complexity index is 615. The SMILES string of the molecule is C[C@]12CC[C@H]3[C@@H](CCC4C[C@@H](O)CC[C@@]43C)[C@@H]1CC[C@@H]2C(=O)CCC(=O)O. The molecule has 4 aliphatic carbocycles. The summed E-state index contributed by atoms with van der Waals surface area (Å²) in [5, 5.41) is 19.1. The van der Waals surface area contributed by atoms with Crippen molar-refractivity contribution >= 4 is 11.8 Å². The maximum absolute atomic E-state index is 12.8. The monoisotopic (exact) mass is 376 g/mol. The molecule has 4 saturated carbocycles. The Balaban J connectivity index is 1.52. The molecule has 0 radical (unpaired) electrons. The second kappa shape index (κ2) is 6.86. The number of carbonyl (C=O) groups is 2. The molecule has 4 heteroatoms. The van der Waals surface area contributed by atoms with Crippen LogP contribution < -0.4 is 0 Å². The van der Waals surface area contributed by atoms with Gasteiger partial charge in [0.2, 0.25) is 0 Å². The number of hydrogen-bond donors (Lipinski definition) is 2. The van der Waals surface area contributed by atoms with Crippen LogP contribution in [-0.4, -0.2) is 28.1 Å². The van der Waals surface area contributed by atoms with Crippen LogP contribution in [-0.2, 0) is 9.59 Å². The highest BCUT2D eigenvalue weighted by Gasteiger charge is 2.60. The van der Waals surface area contributed by atoms with Crippen molar-refractivity contribution < 1.29 is 19.8 Å². The highest BCUT2D eigenvalue weighted by molar-refractivity contribution is 5.85. The van der Waals surface area contributed by atoms with Crippen LogP contribution >= 0.6 is 0 Å². The van der Waals surface area contributed by atoms with Crippen LogP contribution in [0.4, 0.5) is 0 Å². The number of aliphatic hydroxyl groups is 1. The van der Waals surface area contributed by atoms with Crippen molar-refractivity contribution in [2.24, 2.45) is 40.4 Å². The Morgan fingerprint density at radius 2 is 1.59 bits per heavy atom. The second-order valence-electron chi connectivity index (χ2n) is 10.6. The summed E-state index contributed by atoms with van der Waals surface area (Å²) in [4.78, 5) is 23.7. The summed E-state index contributed by atoms with van der Waals surface area (Å²) in [6.07, 6.45) is 10.1. The van der Waals surface area contributed by atoms with Crippen molar-refractivity contribution in [2.75, 3.05) is 0 Å². The molecule has 4 nitrogen and oxygen atoms in total. The van der Waals surface area contributed by atoms with Crippen molar-refractivity contribution in [3.8, 4) is 0 Å². The summed E-state index contributed by atoms with van der Waals surface area (Å²) in [6.45, 7) is 4.83. The van der Waals surface area contributed by atoms with Crippen LogP contribution in [0.5, 0.6) is 0 Å². The van der Waals surface area contributed by atoms with Crippen molar-refractivity contribution in [2.45, 2.75) is 90.6 Å². The second-order valence-corrected chi connectivity index (χ2v) is 10.6. The predicted molar refractivity (Wildman–Crippen MR) is 103 cm³/mol. The van der Waals surface area contributed by atoms with Crippen LogP contribution in [0, 0.1) is 40.4 Å². The molecule has 152 valence electrons. The predicted octanol–water partition coefficient (Wildman–Crippen LogP) is 4.44. The van der Waals surface area contributed by atoms with Gasteiger partial charge in [0.05, 0.1) is 12.5 Å².